The molecule has 2 aromatic carbocycles. The summed E-state index contributed by atoms with van der Waals surface area (Å²) in [5.74, 6) is 0.0820. The molecular weight excluding hydrogens is 536 g/mol. The number of amides is 1. The molecule has 42 heavy (non-hydrogen) atoms. The molecule has 2 fully saturated rings. The zero-order chi connectivity index (χ0) is 29.6. The second-order valence-corrected chi connectivity index (χ2v) is 11.2. The van der Waals surface area contributed by atoms with Crippen molar-refractivity contribution in [1.29, 1.82) is 0 Å². The van der Waals surface area contributed by atoms with E-state index in [4.69, 9.17) is 18.9 Å². The van der Waals surface area contributed by atoms with E-state index in [2.05, 4.69) is 6.92 Å². The number of hydrogen-bond acceptors (Lipinski definition) is 7. The molecule has 1 amide bonds. The molecule has 0 radical (unpaired) electrons. The first-order valence-electron chi connectivity index (χ1n) is 15.3. The van der Waals surface area contributed by atoms with Crippen LogP contribution in [0.5, 0.6) is 17.2 Å². The zero-order valence-corrected chi connectivity index (χ0v) is 24.9. The van der Waals surface area contributed by atoms with Crippen LogP contribution in [0.25, 0.3) is 5.76 Å². The number of carbonyl (C=O) groups excluding carboxylic acids is 2. The lowest BCUT2D eigenvalue weighted by molar-refractivity contribution is -0.908. The van der Waals surface area contributed by atoms with Gasteiger partial charge in [0.05, 0.1) is 39.0 Å². The number of quaternary nitrogens is 1. The van der Waals surface area contributed by atoms with Gasteiger partial charge in [0.15, 0.2) is 11.5 Å². The first-order chi connectivity index (χ1) is 20.4. The maximum Gasteiger partial charge on any atom is 0.295 e. The van der Waals surface area contributed by atoms with Crippen LogP contribution in [0.3, 0.4) is 0 Å². The predicted octanol–water partition coefficient (Wildman–Crippen LogP) is 2.12. The lowest BCUT2D eigenvalue weighted by Gasteiger charge is -2.29. The van der Waals surface area contributed by atoms with Gasteiger partial charge in [-0.05, 0) is 61.2 Å². The van der Waals surface area contributed by atoms with E-state index in [0.717, 1.165) is 57.0 Å². The van der Waals surface area contributed by atoms with Crippen LogP contribution in [0.15, 0.2) is 42.0 Å². The molecule has 0 aromatic heterocycles. The summed E-state index contributed by atoms with van der Waals surface area (Å²) in [6.45, 7) is 11.5. The van der Waals surface area contributed by atoms with E-state index in [-0.39, 0.29) is 11.7 Å². The van der Waals surface area contributed by atoms with Crippen LogP contribution in [0.2, 0.25) is 0 Å². The number of likely N-dealkylation sites (tertiary alicyclic amines) is 1. The average Bonchev–Trinajstić information content (AvgIpc) is 3.49. The largest absolute Gasteiger partial charge is 0.872 e. The third-order valence-electron chi connectivity index (χ3n) is 8.16. The van der Waals surface area contributed by atoms with Crippen LogP contribution in [0.1, 0.15) is 62.8 Å². The topological polar surface area (TPSA) is 102 Å². The Kier molecular flexibility index (Phi) is 9.69. The van der Waals surface area contributed by atoms with Gasteiger partial charge in [0, 0.05) is 25.0 Å². The molecular formula is C33H42N2O7. The van der Waals surface area contributed by atoms with Crippen molar-refractivity contribution < 1.29 is 38.5 Å². The number of benzene rings is 2. The second kappa shape index (κ2) is 13.6. The second-order valence-electron chi connectivity index (χ2n) is 11.2. The molecule has 9 heteroatoms. The summed E-state index contributed by atoms with van der Waals surface area (Å²) >= 11 is 0. The standard InChI is InChI=1S/C33H42N2O7/c1-4-6-16-41-27-11-8-23(21-28(27)40-5-2)30-29(31(36)24-9-10-26-25(20-24)19-22(3)42-26)32(37)33(38)35(30)13-7-12-34-14-17-39-18-15-34/h8-11,20-22,30,36H,4-7,12-19H2,1-3H3/b31-29+. The Balaban J connectivity index is 1.51. The average molecular weight is 579 g/mol. The fraction of sp³-hybridized carbons (Fsp3) is 0.515. The zero-order valence-electron chi connectivity index (χ0n) is 24.9. The highest BCUT2D eigenvalue weighted by atomic mass is 16.5. The molecule has 226 valence electrons. The number of nitrogens with zero attached hydrogens (tertiary/aromatic N) is 1. The Bertz CT molecular complexity index is 1320. The fourth-order valence-electron chi connectivity index (χ4n) is 5.98. The molecule has 2 aromatic rings. The normalized spacial score (nSPS) is 21.8. The van der Waals surface area contributed by atoms with Crippen molar-refractivity contribution in [3.05, 3.63) is 58.7 Å². The first kappa shape index (κ1) is 29.9. The van der Waals surface area contributed by atoms with Crippen molar-refractivity contribution in [3.8, 4) is 17.2 Å². The molecule has 0 saturated carbocycles. The molecule has 2 saturated heterocycles. The lowest BCUT2D eigenvalue weighted by atomic mass is 9.94. The quantitative estimate of drug-likeness (QED) is 0.178. The minimum Gasteiger partial charge on any atom is -0.872 e. The van der Waals surface area contributed by atoms with Gasteiger partial charge in [-0.15, -0.1) is 0 Å². The van der Waals surface area contributed by atoms with Crippen molar-refractivity contribution >= 4 is 17.4 Å². The fourth-order valence-corrected chi connectivity index (χ4v) is 5.98. The number of carbonyl (C=O) groups is 2. The van der Waals surface area contributed by atoms with Crippen LogP contribution in [-0.4, -0.2) is 75.3 Å². The van der Waals surface area contributed by atoms with Gasteiger partial charge in [0.2, 0.25) is 5.78 Å². The van der Waals surface area contributed by atoms with Crippen molar-refractivity contribution in [2.75, 3.05) is 52.6 Å². The summed E-state index contributed by atoms with van der Waals surface area (Å²) in [5.41, 5.74) is 1.95. The Morgan fingerprint density at radius 3 is 2.62 bits per heavy atom. The minimum absolute atomic E-state index is 0.0206. The number of morpholine rings is 1. The highest BCUT2D eigenvalue weighted by Gasteiger charge is 2.44. The van der Waals surface area contributed by atoms with Gasteiger partial charge in [-0.3, -0.25) is 9.59 Å². The number of Topliss-reactive ketones (excluding diaryl/α,β-unsaturated/α-hetero) is 1. The molecule has 5 rings (SSSR count). The smallest absolute Gasteiger partial charge is 0.295 e. The van der Waals surface area contributed by atoms with E-state index in [1.807, 2.05) is 32.0 Å². The molecule has 2 atom stereocenters. The SMILES string of the molecule is CCCCOc1ccc(C2/C(=C(\[O-])c3ccc4c(c3)CC(C)O4)C(=O)C(=O)N2CCC[NH+]2CCOCC2)cc1OCC. The number of hydrogen-bond donors (Lipinski definition) is 1. The minimum atomic E-state index is -0.815. The Hall–Kier alpha value is -3.56. The Labute approximate surface area is 248 Å². The highest BCUT2D eigenvalue weighted by molar-refractivity contribution is 6.46. The number of nitrogens with one attached hydrogen (secondary N) is 1. The monoisotopic (exact) mass is 578 g/mol. The van der Waals surface area contributed by atoms with Gasteiger partial charge >= 0.3 is 0 Å². The summed E-state index contributed by atoms with van der Waals surface area (Å²) in [6.07, 6.45) is 3.34. The maximum absolute atomic E-state index is 14.0. The molecule has 0 bridgehead atoms. The van der Waals surface area contributed by atoms with E-state index in [9.17, 15) is 14.7 Å². The summed E-state index contributed by atoms with van der Waals surface area (Å²) in [5, 5.41) is 14.0. The van der Waals surface area contributed by atoms with Gasteiger partial charge in [-0.1, -0.05) is 31.2 Å². The predicted molar refractivity (Wildman–Crippen MR) is 156 cm³/mol. The number of unbranched alkanes of at least 4 members (excludes halogenated alkanes) is 1. The summed E-state index contributed by atoms with van der Waals surface area (Å²) < 4.78 is 23.2. The molecule has 0 spiro atoms. The number of ether oxygens (including phenoxy) is 4. The van der Waals surface area contributed by atoms with E-state index >= 15 is 0 Å². The van der Waals surface area contributed by atoms with E-state index in [1.165, 1.54) is 4.90 Å². The van der Waals surface area contributed by atoms with Gasteiger partial charge in [0.1, 0.15) is 24.9 Å². The molecule has 3 heterocycles. The van der Waals surface area contributed by atoms with Gasteiger partial charge < -0.3 is 33.9 Å². The van der Waals surface area contributed by atoms with E-state index < -0.39 is 23.5 Å². The Morgan fingerprint density at radius 2 is 1.86 bits per heavy atom. The summed E-state index contributed by atoms with van der Waals surface area (Å²) in [6, 6.07) is 9.91. The summed E-state index contributed by atoms with van der Waals surface area (Å²) in [7, 11) is 0. The van der Waals surface area contributed by atoms with Gasteiger partial charge in [-0.25, -0.2) is 0 Å². The van der Waals surface area contributed by atoms with Gasteiger partial charge in [-0.2, -0.15) is 0 Å². The first-order valence-corrected chi connectivity index (χ1v) is 15.3. The maximum atomic E-state index is 14.0. The van der Waals surface area contributed by atoms with Gasteiger partial charge in [0.25, 0.3) is 5.91 Å². The van der Waals surface area contributed by atoms with E-state index in [0.29, 0.717) is 55.2 Å². The van der Waals surface area contributed by atoms with Crippen LogP contribution in [-0.2, 0) is 20.7 Å². The van der Waals surface area contributed by atoms with Crippen molar-refractivity contribution in [2.45, 2.75) is 58.6 Å². The van der Waals surface area contributed by atoms with E-state index in [1.54, 1.807) is 23.1 Å². The summed E-state index contributed by atoms with van der Waals surface area (Å²) in [4.78, 5) is 30.0. The van der Waals surface area contributed by atoms with Crippen molar-refractivity contribution in [2.24, 2.45) is 0 Å². The molecule has 2 unspecified atom stereocenters. The lowest BCUT2D eigenvalue weighted by Crippen LogP contribution is -3.14. The van der Waals surface area contributed by atoms with Crippen LogP contribution in [0, 0.1) is 0 Å². The van der Waals surface area contributed by atoms with Crippen LogP contribution < -0.4 is 24.2 Å². The van der Waals surface area contributed by atoms with Crippen LogP contribution in [0.4, 0.5) is 0 Å². The third-order valence-corrected chi connectivity index (χ3v) is 8.16. The molecule has 0 aliphatic carbocycles. The number of rotatable bonds is 12. The molecule has 9 nitrogen and oxygen atoms in total. The molecule has 1 N–H and O–H groups in total. The van der Waals surface area contributed by atoms with Crippen LogP contribution >= 0.6 is 0 Å². The molecule has 3 aliphatic heterocycles. The van der Waals surface area contributed by atoms with Crippen molar-refractivity contribution in [1.82, 2.24) is 4.90 Å². The highest BCUT2D eigenvalue weighted by Crippen LogP contribution is 2.42. The number of fused-ring (bicyclic) bond motifs is 1. The number of ketones is 1. The van der Waals surface area contributed by atoms with Crippen molar-refractivity contribution in [3.63, 3.8) is 0 Å². The third kappa shape index (κ3) is 6.42. The molecule has 3 aliphatic rings. The Morgan fingerprint density at radius 1 is 1.05 bits per heavy atom.